The standard InChI is InChI=1S/C18H22N2/c1-2-18(11-7-4-8-12-18)17(16(13-19)14-20)15-9-5-3-6-10-15/h3,5-6,9-10,16-17H,2,4,7-8,11-12H2,1H3. The van der Waals surface area contributed by atoms with E-state index in [4.69, 9.17) is 0 Å². The molecule has 2 rings (SSSR count). The largest absolute Gasteiger partial charge is 0.197 e. The molecule has 2 nitrogen and oxygen atoms in total. The van der Waals surface area contributed by atoms with Gasteiger partial charge in [0.2, 0.25) is 0 Å². The molecule has 0 amide bonds. The Morgan fingerprint density at radius 3 is 2.15 bits per heavy atom. The zero-order chi connectivity index (χ0) is 14.4. The van der Waals surface area contributed by atoms with Gasteiger partial charge >= 0.3 is 0 Å². The molecule has 0 radical (unpaired) electrons. The molecule has 0 heterocycles. The van der Waals surface area contributed by atoms with E-state index in [0.29, 0.717) is 0 Å². The fourth-order valence-corrected chi connectivity index (χ4v) is 3.88. The Kier molecular flexibility index (Phi) is 4.80. The molecular weight excluding hydrogens is 244 g/mol. The molecule has 0 aliphatic heterocycles. The quantitative estimate of drug-likeness (QED) is 0.786. The predicted molar refractivity (Wildman–Crippen MR) is 79.7 cm³/mol. The summed E-state index contributed by atoms with van der Waals surface area (Å²) in [6.07, 6.45) is 7.06. The highest BCUT2D eigenvalue weighted by atomic mass is 14.5. The van der Waals surface area contributed by atoms with Gasteiger partial charge in [-0.2, -0.15) is 10.5 Å². The van der Waals surface area contributed by atoms with Gasteiger partial charge in [0.1, 0.15) is 5.92 Å². The van der Waals surface area contributed by atoms with Crippen LogP contribution in [0.15, 0.2) is 30.3 Å². The maximum Gasteiger partial charge on any atom is 0.140 e. The van der Waals surface area contributed by atoms with Crippen LogP contribution in [0, 0.1) is 34.0 Å². The first-order valence-corrected chi connectivity index (χ1v) is 7.61. The van der Waals surface area contributed by atoms with Gasteiger partial charge in [-0.1, -0.05) is 56.5 Å². The van der Waals surface area contributed by atoms with Gasteiger partial charge in [0.15, 0.2) is 0 Å². The van der Waals surface area contributed by atoms with Crippen LogP contribution in [0.25, 0.3) is 0 Å². The first kappa shape index (κ1) is 14.6. The van der Waals surface area contributed by atoms with Gasteiger partial charge in [0, 0.05) is 5.92 Å². The fraction of sp³-hybridized carbons (Fsp3) is 0.556. The van der Waals surface area contributed by atoms with Crippen molar-refractivity contribution in [3.63, 3.8) is 0 Å². The van der Waals surface area contributed by atoms with Gasteiger partial charge in [-0.05, 0) is 30.2 Å². The van der Waals surface area contributed by atoms with E-state index in [2.05, 4.69) is 31.2 Å². The van der Waals surface area contributed by atoms with E-state index in [-0.39, 0.29) is 11.3 Å². The maximum absolute atomic E-state index is 9.43. The van der Waals surface area contributed by atoms with Gasteiger partial charge in [-0.15, -0.1) is 0 Å². The Balaban J connectivity index is 2.46. The van der Waals surface area contributed by atoms with E-state index in [1.54, 1.807) is 0 Å². The van der Waals surface area contributed by atoms with Crippen LogP contribution < -0.4 is 0 Å². The second kappa shape index (κ2) is 6.58. The van der Waals surface area contributed by atoms with Crippen LogP contribution in [-0.2, 0) is 0 Å². The molecule has 1 saturated carbocycles. The lowest BCUT2D eigenvalue weighted by atomic mass is 9.59. The number of nitriles is 2. The summed E-state index contributed by atoms with van der Waals surface area (Å²) in [4.78, 5) is 0. The molecule has 0 saturated heterocycles. The number of rotatable bonds is 4. The minimum absolute atomic E-state index is 0.0454. The lowest BCUT2D eigenvalue weighted by Crippen LogP contribution is -2.34. The van der Waals surface area contributed by atoms with Crippen LogP contribution in [0.1, 0.15) is 56.9 Å². The Labute approximate surface area is 122 Å². The lowest BCUT2D eigenvalue weighted by Gasteiger charge is -2.44. The van der Waals surface area contributed by atoms with Crippen LogP contribution in [0.5, 0.6) is 0 Å². The average molecular weight is 266 g/mol. The highest BCUT2D eigenvalue weighted by Crippen LogP contribution is 2.52. The summed E-state index contributed by atoms with van der Waals surface area (Å²) in [5, 5.41) is 18.9. The molecule has 1 aromatic carbocycles. The van der Waals surface area contributed by atoms with Crippen molar-refractivity contribution in [3.8, 4) is 12.1 Å². The predicted octanol–water partition coefficient (Wildman–Crippen LogP) is 4.79. The van der Waals surface area contributed by atoms with Crippen molar-refractivity contribution in [1.82, 2.24) is 0 Å². The van der Waals surface area contributed by atoms with Crippen molar-refractivity contribution >= 4 is 0 Å². The molecule has 1 fully saturated rings. The number of nitrogens with zero attached hydrogens (tertiary/aromatic N) is 2. The Bertz CT molecular complexity index is 486. The van der Waals surface area contributed by atoms with E-state index in [0.717, 1.165) is 24.8 Å². The molecule has 1 aromatic rings. The smallest absolute Gasteiger partial charge is 0.140 e. The van der Waals surface area contributed by atoms with Crippen LogP contribution in [0.3, 0.4) is 0 Å². The second-order valence-corrected chi connectivity index (χ2v) is 5.90. The van der Waals surface area contributed by atoms with Gasteiger partial charge in [-0.25, -0.2) is 0 Å². The van der Waals surface area contributed by atoms with E-state index in [9.17, 15) is 10.5 Å². The summed E-state index contributed by atoms with van der Waals surface area (Å²) in [7, 11) is 0. The molecule has 0 spiro atoms. The molecule has 104 valence electrons. The van der Waals surface area contributed by atoms with Gasteiger partial charge in [0.25, 0.3) is 0 Å². The molecule has 1 unspecified atom stereocenters. The Morgan fingerprint density at radius 2 is 1.65 bits per heavy atom. The van der Waals surface area contributed by atoms with Crippen LogP contribution in [0.4, 0.5) is 0 Å². The lowest BCUT2D eigenvalue weighted by molar-refractivity contribution is 0.124. The summed E-state index contributed by atoms with van der Waals surface area (Å²) in [5.41, 5.74) is 1.28. The zero-order valence-electron chi connectivity index (χ0n) is 12.2. The van der Waals surface area contributed by atoms with Crippen molar-refractivity contribution in [2.75, 3.05) is 0 Å². The Morgan fingerprint density at radius 1 is 1.05 bits per heavy atom. The number of hydrogen-bond acceptors (Lipinski definition) is 2. The Hall–Kier alpha value is -1.80. The highest BCUT2D eigenvalue weighted by Gasteiger charge is 2.43. The van der Waals surface area contributed by atoms with Crippen molar-refractivity contribution in [2.24, 2.45) is 11.3 Å². The van der Waals surface area contributed by atoms with E-state index >= 15 is 0 Å². The molecule has 1 aliphatic rings. The first-order valence-electron chi connectivity index (χ1n) is 7.61. The molecule has 2 heteroatoms. The van der Waals surface area contributed by atoms with Gasteiger partial charge in [-0.3, -0.25) is 0 Å². The first-order chi connectivity index (χ1) is 9.77. The molecule has 0 bridgehead atoms. The maximum atomic E-state index is 9.43. The molecule has 1 aliphatic carbocycles. The summed E-state index contributed by atoms with van der Waals surface area (Å²) in [6, 6.07) is 14.7. The van der Waals surface area contributed by atoms with E-state index in [1.165, 1.54) is 19.3 Å². The molecule has 20 heavy (non-hydrogen) atoms. The van der Waals surface area contributed by atoms with Crippen molar-refractivity contribution in [2.45, 2.75) is 51.4 Å². The molecule has 0 aromatic heterocycles. The molecule has 0 N–H and O–H groups in total. The van der Waals surface area contributed by atoms with Crippen LogP contribution in [0.2, 0.25) is 0 Å². The third-order valence-electron chi connectivity index (χ3n) is 4.98. The highest BCUT2D eigenvalue weighted by molar-refractivity contribution is 5.28. The van der Waals surface area contributed by atoms with Crippen molar-refractivity contribution in [1.29, 1.82) is 10.5 Å². The minimum atomic E-state index is -0.546. The number of benzene rings is 1. The van der Waals surface area contributed by atoms with E-state index in [1.807, 2.05) is 18.2 Å². The van der Waals surface area contributed by atoms with Gasteiger partial charge < -0.3 is 0 Å². The van der Waals surface area contributed by atoms with E-state index < -0.39 is 5.92 Å². The third kappa shape index (κ3) is 2.70. The molecular formula is C18H22N2. The van der Waals surface area contributed by atoms with Crippen molar-refractivity contribution < 1.29 is 0 Å². The minimum Gasteiger partial charge on any atom is -0.197 e. The summed E-state index contributed by atoms with van der Waals surface area (Å²) in [5.74, 6) is -0.501. The number of hydrogen-bond donors (Lipinski definition) is 0. The summed E-state index contributed by atoms with van der Waals surface area (Å²) in [6.45, 7) is 2.22. The zero-order valence-corrected chi connectivity index (χ0v) is 12.2. The normalized spacial score (nSPS) is 19.0. The topological polar surface area (TPSA) is 47.6 Å². The van der Waals surface area contributed by atoms with Gasteiger partial charge in [0.05, 0.1) is 12.1 Å². The average Bonchev–Trinajstić information content (AvgIpc) is 2.54. The molecule has 1 atom stereocenters. The summed E-state index contributed by atoms with van der Waals surface area (Å²) >= 11 is 0. The van der Waals surface area contributed by atoms with Crippen LogP contribution in [-0.4, -0.2) is 0 Å². The fourth-order valence-electron chi connectivity index (χ4n) is 3.88. The monoisotopic (exact) mass is 266 g/mol. The SMILES string of the molecule is CCC1(C(c2ccccc2)C(C#N)C#N)CCCCC1. The third-order valence-corrected chi connectivity index (χ3v) is 4.98. The van der Waals surface area contributed by atoms with Crippen LogP contribution >= 0.6 is 0 Å². The second-order valence-electron chi connectivity index (χ2n) is 5.90. The summed E-state index contributed by atoms with van der Waals surface area (Å²) < 4.78 is 0. The van der Waals surface area contributed by atoms with Crippen molar-refractivity contribution in [3.05, 3.63) is 35.9 Å².